The Balaban J connectivity index is 1.82. The molecule has 12 heteroatoms. The summed E-state index contributed by atoms with van der Waals surface area (Å²) >= 11 is 5.94. The second-order valence-corrected chi connectivity index (χ2v) is 9.71. The van der Waals surface area contributed by atoms with E-state index in [1.165, 1.54) is 4.90 Å². The average molecular weight is 503 g/mol. The van der Waals surface area contributed by atoms with Gasteiger partial charge in [0.2, 0.25) is 5.91 Å². The van der Waals surface area contributed by atoms with Crippen molar-refractivity contribution in [3.63, 3.8) is 0 Å². The van der Waals surface area contributed by atoms with Crippen LogP contribution in [-0.2, 0) is 14.8 Å². The fraction of sp³-hybridized carbons (Fsp3) is 0.333. The Labute approximate surface area is 194 Å². The lowest BCUT2D eigenvalue weighted by Crippen LogP contribution is -2.44. The molecule has 1 aliphatic rings. The summed E-state index contributed by atoms with van der Waals surface area (Å²) in [6, 6.07) is 8.07. The molecule has 0 bridgehead atoms. The van der Waals surface area contributed by atoms with Gasteiger partial charge in [-0.05, 0) is 30.0 Å². The van der Waals surface area contributed by atoms with Gasteiger partial charge < -0.3 is 14.7 Å². The molecule has 0 aliphatic carbocycles. The molecule has 2 N–H and O–H groups in total. The molecule has 8 nitrogen and oxygen atoms in total. The highest BCUT2D eigenvalue weighted by molar-refractivity contribution is 7.90. The molecular formula is C21H21ClF2N2O6S. The molecule has 0 spiro atoms. The summed E-state index contributed by atoms with van der Waals surface area (Å²) < 4.78 is 60.0. The summed E-state index contributed by atoms with van der Waals surface area (Å²) in [5.74, 6) is -4.44. The van der Waals surface area contributed by atoms with Crippen LogP contribution in [0, 0.1) is 17.6 Å². The number of ether oxygens (including phenoxy) is 1. The minimum atomic E-state index is -4.58. The topological polar surface area (TPSA) is 113 Å². The summed E-state index contributed by atoms with van der Waals surface area (Å²) in [6.45, 7) is 1.19. The van der Waals surface area contributed by atoms with Crippen LogP contribution in [0.5, 0.6) is 5.75 Å². The number of benzene rings is 2. The number of amides is 2. The highest BCUT2D eigenvalue weighted by Gasteiger charge is 2.33. The van der Waals surface area contributed by atoms with Crippen LogP contribution in [0.4, 0.5) is 13.6 Å². The van der Waals surface area contributed by atoms with Crippen LogP contribution in [0.1, 0.15) is 24.8 Å². The number of halogens is 3. The zero-order valence-corrected chi connectivity index (χ0v) is 19.0. The van der Waals surface area contributed by atoms with Gasteiger partial charge in [0.05, 0.1) is 6.61 Å². The van der Waals surface area contributed by atoms with E-state index in [4.69, 9.17) is 16.3 Å². The van der Waals surface area contributed by atoms with Gasteiger partial charge in [-0.15, -0.1) is 0 Å². The van der Waals surface area contributed by atoms with Crippen LogP contribution in [0.3, 0.4) is 0 Å². The Bertz CT molecular complexity index is 1160. The first-order valence-electron chi connectivity index (χ1n) is 9.86. The first-order chi connectivity index (χ1) is 15.5. The Hall–Kier alpha value is -2.92. The Kier molecular flexibility index (Phi) is 7.43. The fourth-order valence-electron chi connectivity index (χ4n) is 3.79. The smallest absolute Gasteiger partial charge is 0.407 e. The van der Waals surface area contributed by atoms with Crippen molar-refractivity contribution in [3.8, 4) is 5.75 Å². The highest BCUT2D eigenvalue weighted by Crippen LogP contribution is 2.35. The van der Waals surface area contributed by atoms with Gasteiger partial charge in [0.15, 0.2) is 11.6 Å². The number of hydrogen-bond acceptors (Lipinski definition) is 5. The zero-order chi connectivity index (χ0) is 24.3. The van der Waals surface area contributed by atoms with Gasteiger partial charge in [-0.25, -0.2) is 26.7 Å². The summed E-state index contributed by atoms with van der Waals surface area (Å²) in [4.78, 5) is 22.7. The summed E-state index contributed by atoms with van der Waals surface area (Å²) in [7, 11) is -4.58. The second-order valence-electron chi connectivity index (χ2n) is 7.62. The maximum atomic E-state index is 14.5. The highest BCUT2D eigenvalue weighted by atomic mass is 35.5. The maximum absolute atomic E-state index is 14.5. The first-order valence-corrected chi connectivity index (χ1v) is 11.7. The Morgan fingerprint density at radius 3 is 2.48 bits per heavy atom. The zero-order valence-electron chi connectivity index (χ0n) is 17.4. The molecule has 2 aromatic carbocycles. The van der Waals surface area contributed by atoms with E-state index in [-0.39, 0.29) is 25.0 Å². The predicted molar refractivity (Wildman–Crippen MR) is 115 cm³/mol. The number of nitrogens with zero attached hydrogens (tertiary/aromatic N) is 1. The summed E-state index contributed by atoms with van der Waals surface area (Å²) in [5, 5.41) is 9.90. The second kappa shape index (κ2) is 9.92. The molecule has 178 valence electrons. The minimum Gasteiger partial charge on any atom is -0.490 e. The van der Waals surface area contributed by atoms with Crippen LogP contribution < -0.4 is 9.46 Å². The van der Waals surface area contributed by atoms with Gasteiger partial charge in [-0.2, -0.15) is 0 Å². The van der Waals surface area contributed by atoms with Crippen LogP contribution in [0.15, 0.2) is 41.3 Å². The van der Waals surface area contributed by atoms with Crippen LogP contribution in [-0.4, -0.2) is 50.1 Å². The molecule has 0 saturated carbocycles. The number of likely N-dealkylation sites (tertiary alicyclic amines) is 1. The molecule has 0 radical (unpaired) electrons. The molecule has 2 atom stereocenters. The minimum absolute atomic E-state index is 0.113. The van der Waals surface area contributed by atoms with E-state index in [0.717, 1.165) is 12.5 Å². The van der Waals surface area contributed by atoms with Crippen molar-refractivity contribution in [2.45, 2.75) is 24.2 Å². The van der Waals surface area contributed by atoms with Crippen molar-refractivity contribution in [1.82, 2.24) is 9.62 Å². The molecular weight excluding hydrogens is 482 g/mol. The SMILES string of the molecule is CC(=O)NS(=O)(=O)c1cc(F)c(OC[C@@H]2CN(C(=O)O)CC[C@H]2c2ccc(Cl)cc2)cc1F. The van der Waals surface area contributed by atoms with Gasteiger partial charge in [0, 0.05) is 43.1 Å². The van der Waals surface area contributed by atoms with Crippen molar-refractivity contribution in [2.75, 3.05) is 19.7 Å². The molecule has 0 unspecified atom stereocenters. The van der Waals surface area contributed by atoms with E-state index in [9.17, 15) is 31.9 Å². The summed E-state index contributed by atoms with van der Waals surface area (Å²) in [5.41, 5.74) is 0.904. The van der Waals surface area contributed by atoms with E-state index in [1.54, 1.807) is 16.9 Å². The predicted octanol–water partition coefficient (Wildman–Crippen LogP) is 3.61. The van der Waals surface area contributed by atoms with Crippen LogP contribution in [0.25, 0.3) is 0 Å². The molecule has 2 aromatic rings. The van der Waals surface area contributed by atoms with Crippen molar-refractivity contribution in [1.29, 1.82) is 0 Å². The number of rotatable bonds is 6. The lowest BCUT2D eigenvalue weighted by Gasteiger charge is -2.37. The largest absolute Gasteiger partial charge is 0.490 e. The molecule has 1 saturated heterocycles. The van der Waals surface area contributed by atoms with Crippen LogP contribution in [0.2, 0.25) is 5.02 Å². The number of carbonyl (C=O) groups is 2. The molecule has 3 rings (SSSR count). The third-order valence-corrected chi connectivity index (χ3v) is 7.01. The van der Waals surface area contributed by atoms with Gasteiger partial charge in [0.1, 0.15) is 10.7 Å². The Morgan fingerprint density at radius 1 is 1.21 bits per heavy atom. The van der Waals surface area contributed by atoms with Gasteiger partial charge in [-0.1, -0.05) is 23.7 Å². The molecule has 1 aliphatic heterocycles. The van der Waals surface area contributed by atoms with E-state index in [2.05, 4.69) is 0 Å². The number of carboxylic acid groups (broad SMARTS) is 1. The first kappa shape index (κ1) is 24.7. The van der Waals surface area contributed by atoms with E-state index in [1.807, 2.05) is 12.1 Å². The monoisotopic (exact) mass is 502 g/mol. The number of sulfonamides is 1. The molecule has 1 heterocycles. The average Bonchev–Trinajstić information content (AvgIpc) is 2.73. The number of carbonyl (C=O) groups excluding carboxylic acids is 1. The van der Waals surface area contributed by atoms with E-state index >= 15 is 0 Å². The van der Waals surface area contributed by atoms with Gasteiger partial charge in [-0.3, -0.25) is 4.79 Å². The van der Waals surface area contributed by atoms with Crippen molar-refractivity contribution in [3.05, 3.63) is 58.6 Å². The van der Waals surface area contributed by atoms with E-state index in [0.29, 0.717) is 30.1 Å². The molecule has 1 fully saturated rings. The lowest BCUT2D eigenvalue weighted by molar-refractivity contribution is -0.117. The van der Waals surface area contributed by atoms with Crippen molar-refractivity contribution < 1.29 is 36.6 Å². The molecule has 0 aromatic heterocycles. The number of piperidine rings is 1. The van der Waals surface area contributed by atoms with E-state index < -0.39 is 44.3 Å². The van der Waals surface area contributed by atoms with Crippen molar-refractivity contribution >= 4 is 33.6 Å². The number of nitrogens with one attached hydrogen (secondary N) is 1. The quantitative estimate of drug-likeness (QED) is 0.624. The molecule has 33 heavy (non-hydrogen) atoms. The maximum Gasteiger partial charge on any atom is 0.407 e. The van der Waals surface area contributed by atoms with Crippen molar-refractivity contribution in [2.24, 2.45) is 5.92 Å². The normalized spacial score (nSPS) is 18.6. The third-order valence-electron chi connectivity index (χ3n) is 5.31. The standard InChI is InChI=1S/C21H21ClF2N2O6S/c1-12(27)25-33(30,31)20-9-17(23)19(8-18(20)24)32-11-14-10-26(21(28)29)7-6-16(14)13-2-4-15(22)5-3-13/h2-5,8-9,14,16H,6-7,10-11H2,1H3,(H,25,27)(H,28,29)/t14-,16-/m0/s1. The van der Waals surface area contributed by atoms with Crippen LogP contribution >= 0.6 is 11.6 Å². The molecule has 2 amide bonds. The van der Waals surface area contributed by atoms with Gasteiger partial charge >= 0.3 is 6.09 Å². The third kappa shape index (κ3) is 5.91. The fourth-order valence-corrected chi connectivity index (χ4v) is 4.98. The lowest BCUT2D eigenvalue weighted by atomic mass is 9.81. The Morgan fingerprint density at radius 2 is 1.88 bits per heavy atom. The summed E-state index contributed by atoms with van der Waals surface area (Å²) in [6.07, 6.45) is -0.605. The van der Waals surface area contributed by atoms with Gasteiger partial charge in [0.25, 0.3) is 10.0 Å². The number of hydrogen-bond donors (Lipinski definition) is 2.